The minimum absolute atomic E-state index is 0.00472. The SMILES string of the molecule is Cc1c(C(=O)O)oc2c1-c1nn(CC3COCCO3)cc1C(C)C2. The quantitative estimate of drug-likeness (QED) is 0.927. The normalized spacial score (nSPS) is 22.9. The first kappa shape index (κ1) is 15.4. The van der Waals surface area contributed by atoms with Crippen LogP contribution in [-0.2, 0) is 22.4 Å². The third-order valence-electron chi connectivity index (χ3n) is 4.74. The van der Waals surface area contributed by atoms with Gasteiger partial charge in [-0.2, -0.15) is 5.10 Å². The average molecular weight is 332 g/mol. The first-order valence-corrected chi connectivity index (χ1v) is 8.17. The van der Waals surface area contributed by atoms with Gasteiger partial charge in [-0.3, -0.25) is 4.68 Å². The number of ether oxygens (including phenoxy) is 2. The van der Waals surface area contributed by atoms with Crippen LogP contribution in [0.15, 0.2) is 10.6 Å². The molecule has 7 nitrogen and oxygen atoms in total. The summed E-state index contributed by atoms with van der Waals surface area (Å²) in [6.45, 7) is 6.32. The number of furan rings is 1. The van der Waals surface area contributed by atoms with Crippen molar-refractivity contribution in [2.75, 3.05) is 19.8 Å². The zero-order valence-electron chi connectivity index (χ0n) is 13.7. The van der Waals surface area contributed by atoms with Crippen molar-refractivity contribution in [3.8, 4) is 11.3 Å². The monoisotopic (exact) mass is 332 g/mol. The van der Waals surface area contributed by atoms with Crippen LogP contribution in [0.5, 0.6) is 0 Å². The predicted molar refractivity (Wildman–Crippen MR) is 84.3 cm³/mol. The van der Waals surface area contributed by atoms with E-state index in [-0.39, 0.29) is 17.8 Å². The second-order valence-electron chi connectivity index (χ2n) is 6.49. The smallest absolute Gasteiger partial charge is 0.372 e. The minimum Gasteiger partial charge on any atom is -0.475 e. The summed E-state index contributed by atoms with van der Waals surface area (Å²) in [5.41, 5.74) is 3.43. The molecule has 1 aliphatic heterocycles. The Morgan fingerprint density at radius 2 is 2.29 bits per heavy atom. The molecular formula is C17H20N2O5. The zero-order valence-corrected chi connectivity index (χ0v) is 13.7. The van der Waals surface area contributed by atoms with E-state index in [0.29, 0.717) is 44.1 Å². The van der Waals surface area contributed by atoms with Crippen LogP contribution < -0.4 is 0 Å². The van der Waals surface area contributed by atoms with Gasteiger partial charge >= 0.3 is 5.97 Å². The molecule has 4 rings (SSSR count). The summed E-state index contributed by atoms with van der Waals surface area (Å²) in [7, 11) is 0. The van der Waals surface area contributed by atoms with E-state index in [0.717, 1.165) is 16.8 Å². The molecule has 2 aliphatic rings. The van der Waals surface area contributed by atoms with Crippen LogP contribution in [0.3, 0.4) is 0 Å². The van der Waals surface area contributed by atoms with Crippen molar-refractivity contribution in [2.24, 2.45) is 0 Å². The fourth-order valence-electron chi connectivity index (χ4n) is 3.55. The lowest BCUT2D eigenvalue weighted by molar-refractivity contribution is -0.0946. The molecule has 2 unspecified atom stereocenters. The van der Waals surface area contributed by atoms with E-state index in [1.807, 2.05) is 10.9 Å². The van der Waals surface area contributed by atoms with Gasteiger partial charge in [-0.15, -0.1) is 0 Å². The van der Waals surface area contributed by atoms with Crippen molar-refractivity contribution in [3.63, 3.8) is 0 Å². The van der Waals surface area contributed by atoms with Crippen molar-refractivity contribution < 1.29 is 23.8 Å². The Hall–Kier alpha value is -2.12. The second kappa shape index (κ2) is 5.75. The predicted octanol–water partition coefficient (Wildman–Crippen LogP) is 2.22. The van der Waals surface area contributed by atoms with Crippen molar-refractivity contribution in [3.05, 3.63) is 28.8 Å². The summed E-state index contributed by atoms with van der Waals surface area (Å²) in [6, 6.07) is 0. The molecule has 1 N–H and O–H groups in total. The fourth-order valence-corrected chi connectivity index (χ4v) is 3.55. The number of rotatable bonds is 3. The van der Waals surface area contributed by atoms with Gasteiger partial charge in [-0.25, -0.2) is 4.79 Å². The number of carboxylic acid groups (broad SMARTS) is 1. The van der Waals surface area contributed by atoms with Gasteiger partial charge in [0.25, 0.3) is 0 Å². The molecule has 1 aliphatic carbocycles. The van der Waals surface area contributed by atoms with Gasteiger partial charge in [0, 0.05) is 29.3 Å². The minimum atomic E-state index is -1.04. The molecule has 3 heterocycles. The topological polar surface area (TPSA) is 86.7 Å². The van der Waals surface area contributed by atoms with E-state index < -0.39 is 5.97 Å². The number of nitrogens with zero attached hydrogens (tertiary/aromatic N) is 2. The van der Waals surface area contributed by atoms with E-state index in [1.54, 1.807) is 6.92 Å². The van der Waals surface area contributed by atoms with Crippen LogP contribution in [0.4, 0.5) is 0 Å². The van der Waals surface area contributed by atoms with Crippen LogP contribution in [0.2, 0.25) is 0 Å². The largest absolute Gasteiger partial charge is 0.475 e. The van der Waals surface area contributed by atoms with E-state index in [9.17, 15) is 9.90 Å². The third kappa shape index (κ3) is 2.44. The average Bonchev–Trinajstić information content (AvgIpc) is 3.10. The van der Waals surface area contributed by atoms with Crippen LogP contribution in [0, 0.1) is 6.92 Å². The summed E-state index contributed by atoms with van der Waals surface area (Å²) < 4.78 is 18.6. The molecule has 7 heteroatoms. The summed E-state index contributed by atoms with van der Waals surface area (Å²) in [5, 5.41) is 14.0. The standard InChI is InChI=1S/C17H20N2O5/c1-9-5-13-14(10(2)16(24-13)17(20)21)15-12(9)7-19(18-15)6-11-8-22-3-4-23-11/h7,9,11H,3-6,8H2,1-2H3,(H,20,21). The molecule has 2 aromatic heterocycles. The first-order valence-electron chi connectivity index (χ1n) is 8.17. The van der Waals surface area contributed by atoms with Crippen LogP contribution in [0.1, 0.15) is 40.3 Å². The van der Waals surface area contributed by atoms with Gasteiger partial charge in [0.15, 0.2) is 0 Å². The summed E-state index contributed by atoms with van der Waals surface area (Å²) >= 11 is 0. The lowest BCUT2D eigenvalue weighted by Gasteiger charge is -2.22. The van der Waals surface area contributed by atoms with Gasteiger partial charge in [0.2, 0.25) is 5.76 Å². The van der Waals surface area contributed by atoms with Crippen molar-refractivity contribution in [1.29, 1.82) is 0 Å². The highest BCUT2D eigenvalue weighted by atomic mass is 16.6. The lowest BCUT2D eigenvalue weighted by atomic mass is 9.86. The van der Waals surface area contributed by atoms with Crippen LogP contribution in [-0.4, -0.2) is 46.8 Å². The summed E-state index contributed by atoms with van der Waals surface area (Å²) in [4.78, 5) is 11.4. The van der Waals surface area contributed by atoms with Gasteiger partial charge in [-0.05, 0) is 12.8 Å². The highest BCUT2D eigenvalue weighted by Gasteiger charge is 2.33. The Balaban J connectivity index is 1.71. The van der Waals surface area contributed by atoms with Gasteiger partial charge in [0.05, 0.1) is 32.1 Å². The Morgan fingerprint density at radius 3 is 3.00 bits per heavy atom. The van der Waals surface area contributed by atoms with Crippen LogP contribution in [0.25, 0.3) is 11.3 Å². The number of aromatic nitrogens is 2. The molecule has 2 atom stereocenters. The Labute approximate surface area is 139 Å². The Bertz CT molecular complexity index is 785. The molecule has 2 aromatic rings. The molecule has 1 fully saturated rings. The fraction of sp³-hybridized carbons (Fsp3) is 0.529. The maximum absolute atomic E-state index is 11.4. The van der Waals surface area contributed by atoms with E-state index in [1.165, 1.54) is 0 Å². The Morgan fingerprint density at radius 1 is 1.46 bits per heavy atom. The molecule has 0 amide bonds. The Kier molecular flexibility index (Phi) is 3.69. The molecule has 0 spiro atoms. The van der Waals surface area contributed by atoms with Crippen molar-refractivity contribution in [2.45, 2.75) is 38.8 Å². The maximum Gasteiger partial charge on any atom is 0.372 e. The summed E-state index contributed by atoms with van der Waals surface area (Å²) in [6.07, 6.45) is 2.72. The number of hydrogen-bond acceptors (Lipinski definition) is 5. The van der Waals surface area contributed by atoms with Gasteiger partial charge in [-0.1, -0.05) is 6.92 Å². The first-order chi connectivity index (χ1) is 11.5. The van der Waals surface area contributed by atoms with Gasteiger partial charge in [0.1, 0.15) is 11.9 Å². The molecule has 128 valence electrons. The zero-order chi connectivity index (χ0) is 16.8. The van der Waals surface area contributed by atoms with Crippen molar-refractivity contribution in [1.82, 2.24) is 9.78 Å². The number of fused-ring (bicyclic) bond motifs is 3. The third-order valence-corrected chi connectivity index (χ3v) is 4.74. The molecule has 24 heavy (non-hydrogen) atoms. The number of hydrogen-bond donors (Lipinski definition) is 1. The molecule has 0 aromatic carbocycles. The lowest BCUT2D eigenvalue weighted by Crippen LogP contribution is -2.32. The van der Waals surface area contributed by atoms with E-state index >= 15 is 0 Å². The molecule has 0 bridgehead atoms. The second-order valence-corrected chi connectivity index (χ2v) is 6.49. The van der Waals surface area contributed by atoms with Crippen molar-refractivity contribution >= 4 is 5.97 Å². The van der Waals surface area contributed by atoms with E-state index in [4.69, 9.17) is 19.0 Å². The highest BCUT2D eigenvalue weighted by Crippen LogP contribution is 2.42. The van der Waals surface area contributed by atoms with Gasteiger partial charge < -0.3 is 19.0 Å². The number of aromatic carboxylic acids is 1. The number of carbonyl (C=O) groups is 1. The number of carboxylic acids is 1. The molecule has 0 saturated carbocycles. The van der Waals surface area contributed by atoms with E-state index in [2.05, 4.69) is 6.92 Å². The maximum atomic E-state index is 11.4. The highest BCUT2D eigenvalue weighted by molar-refractivity contribution is 5.90. The molecular weight excluding hydrogens is 312 g/mol. The van der Waals surface area contributed by atoms with Crippen LogP contribution >= 0.6 is 0 Å². The molecule has 0 radical (unpaired) electrons. The summed E-state index contributed by atoms with van der Waals surface area (Å²) in [5.74, 6) is -0.0775. The molecule has 1 saturated heterocycles.